The van der Waals surface area contributed by atoms with Crippen molar-refractivity contribution >= 4 is 11.6 Å². The van der Waals surface area contributed by atoms with Gasteiger partial charge in [-0.15, -0.1) is 10.2 Å². The first-order chi connectivity index (χ1) is 9.81. The highest BCUT2D eigenvalue weighted by molar-refractivity contribution is 5.50. The van der Waals surface area contributed by atoms with E-state index in [0.29, 0.717) is 5.82 Å². The molecule has 2 aromatic rings. The van der Waals surface area contributed by atoms with Crippen LogP contribution in [0.2, 0.25) is 0 Å². The molecule has 2 aromatic heterocycles. The second kappa shape index (κ2) is 5.58. The first-order valence-electron chi connectivity index (χ1n) is 6.18. The van der Waals surface area contributed by atoms with Crippen molar-refractivity contribution in [3.8, 4) is 0 Å². The number of anilines is 2. The van der Waals surface area contributed by atoms with E-state index in [9.17, 15) is 13.2 Å². The maximum absolute atomic E-state index is 12.8. The molecule has 0 aliphatic rings. The summed E-state index contributed by atoms with van der Waals surface area (Å²) in [6.45, 7) is 1.77. The van der Waals surface area contributed by atoms with Crippen LogP contribution in [-0.2, 0) is 13.2 Å². The van der Waals surface area contributed by atoms with Gasteiger partial charge in [0.25, 0.3) is 0 Å². The normalized spacial score (nSPS) is 13.0. The minimum absolute atomic E-state index is 0.115. The smallest absolute Gasteiger partial charge is 0.373 e. The summed E-state index contributed by atoms with van der Waals surface area (Å²) in [5, 5.41) is 13.2. The fourth-order valence-corrected chi connectivity index (χ4v) is 1.87. The maximum atomic E-state index is 12.8. The van der Waals surface area contributed by atoms with Gasteiger partial charge < -0.3 is 15.2 Å². The summed E-state index contributed by atoms with van der Waals surface area (Å²) < 4.78 is 40.2. The number of pyridine rings is 1. The summed E-state index contributed by atoms with van der Waals surface area (Å²) in [6.07, 6.45) is -2.91. The summed E-state index contributed by atoms with van der Waals surface area (Å²) in [6, 6.07) is 1.59. The van der Waals surface area contributed by atoms with Gasteiger partial charge in [0.15, 0.2) is 5.82 Å². The Balaban J connectivity index is 2.29. The fourth-order valence-electron chi connectivity index (χ4n) is 1.87. The Morgan fingerprint density at radius 3 is 2.43 bits per heavy atom. The third kappa shape index (κ3) is 3.41. The summed E-state index contributed by atoms with van der Waals surface area (Å²) >= 11 is 0. The van der Waals surface area contributed by atoms with Crippen LogP contribution in [0.25, 0.3) is 0 Å². The first kappa shape index (κ1) is 15.1. The number of nitrogens with zero attached hydrogens (tertiary/aromatic N) is 4. The number of hydrogen-bond donors (Lipinski definition) is 2. The molecule has 0 amide bonds. The van der Waals surface area contributed by atoms with Gasteiger partial charge in [-0.2, -0.15) is 13.2 Å². The van der Waals surface area contributed by atoms with Gasteiger partial charge in [0.1, 0.15) is 18.0 Å². The van der Waals surface area contributed by atoms with Crippen molar-refractivity contribution < 1.29 is 13.2 Å². The summed E-state index contributed by atoms with van der Waals surface area (Å²) in [4.78, 5) is 4.07. The second-order valence-electron chi connectivity index (χ2n) is 4.54. The van der Waals surface area contributed by atoms with Crippen LogP contribution >= 0.6 is 0 Å². The molecule has 6 nitrogen and oxygen atoms in total. The van der Waals surface area contributed by atoms with E-state index in [0.717, 1.165) is 12.1 Å². The quantitative estimate of drug-likeness (QED) is 0.908. The van der Waals surface area contributed by atoms with Gasteiger partial charge >= 0.3 is 6.18 Å². The molecule has 9 heteroatoms. The highest BCUT2D eigenvalue weighted by Crippen LogP contribution is 2.32. The molecule has 1 unspecified atom stereocenters. The largest absolute Gasteiger partial charge is 0.416 e. The van der Waals surface area contributed by atoms with Gasteiger partial charge in [0, 0.05) is 14.1 Å². The second-order valence-corrected chi connectivity index (χ2v) is 4.54. The lowest BCUT2D eigenvalue weighted by molar-refractivity contribution is -0.137. The van der Waals surface area contributed by atoms with E-state index in [1.54, 1.807) is 18.5 Å². The SMILES string of the molecule is CNc1cc(C(F)(F)F)cc(NC(C)c2nncn2C)n1. The molecular formula is C12H15F3N6. The summed E-state index contributed by atoms with van der Waals surface area (Å²) in [5.41, 5.74) is -0.769. The molecular weight excluding hydrogens is 285 g/mol. The molecule has 2 heterocycles. The van der Waals surface area contributed by atoms with Crippen LogP contribution in [0, 0.1) is 0 Å². The van der Waals surface area contributed by atoms with Crippen LogP contribution in [0.4, 0.5) is 24.8 Å². The average molecular weight is 300 g/mol. The highest BCUT2D eigenvalue weighted by Gasteiger charge is 2.31. The van der Waals surface area contributed by atoms with Crippen LogP contribution in [0.1, 0.15) is 24.4 Å². The zero-order valence-electron chi connectivity index (χ0n) is 11.7. The number of halogens is 3. The van der Waals surface area contributed by atoms with E-state index < -0.39 is 11.7 Å². The standard InChI is InChI=1S/C12H15F3N6/c1-7(11-20-17-6-21(11)3)18-10-5-8(12(13,14)15)4-9(16-2)19-10/h4-7H,1-3H3,(H2,16,18,19). The monoisotopic (exact) mass is 300 g/mol. The number of hydrogen-bond acceptors (Lipinski definition) is 5. The lowest BCUT2D eigenvalue weighted by Crippen LogP contribution is -2.15. The van der Waals surface area contributed by atoms with Crippen LogP contribution in [-0.4, -0.2) is 26.8 Å². The van der Waals surface area contributed by atoms with Gasteiger partial charge in [-0.05, 0) is 19.1 Å². The Bertz CT molecular complexity index is 622. The molecule has 0 aromatic carbocycles. The van der Waals surface area contributed by atoms with Gasteiger partial charge in [-0.25, -0.2) is 4.98 Å². The van der Waals surface area contributed by atoms with Crippen molar-refractivity contribution in [2.24, 2.45) is 7.05 Å². The molecule has 0 aliphatic carbocycles. The predicted molar refractivity (Wildman–Crippen MR) is 71.8 cm³/mol. The minimum Gasteiger partial charge on any atom is -0.373 e. The first-order valence-corrected chi connectivity index (χ1v) is 6.18. The van der Waals surface area contributed by atoms with Crippen LogP contribution < -0.4 is 10.6 Å². The van der Waals surface area contributed by atoms with Crippen molar-refractivity contribution in [1.29, 1.82) is 0 Å². The van der Waals surface area contributed by atoms with Crippen LogP contribution in [0.5, 0.6) is 0 Å². The molecule has 0 aliphatic heterocycles. The molecule has 114 valence electrons. The number of rotatable bonds is 4. The van der Waals surface area contributed by atoms with Gasteiger partial charge in [-0.1, -0.05) is 0 Å². The van der Waals surface area contributed by atoms with Gasteiger partial charge in [0.05, 0.1) is 11.6 Å². The van der Waals surface area contributed by atoms with E-state index in [-0.39, 0.29) is 17.7 Å². The summed E-state index contributed by atoms with van der Waals surface area (Å²) in [7, 11) is 3.27. The van der Waals surface area contributed by atoms with Crippen LogP contribution in [0.3, 0.4) is 0 Å². The minimum atomic E-state index is -4.43. The number of aromatic nitrogens is 4. The molecule has 0 saturated heterocycles. The molecule has 0 saturated carbocycles. The topological polar surface area (TPSA) is 67.7 Å². The number of nitrogens with one attached hydrogen (secondary N) is 2. The average Bonchev–Trinajstić information content (AvgIpc) is 2.83. The lowest BCUT2D eigenvalue weighted by Gasteiger charge is -2.16. The van der Waals surface area contributed by atoms with E-state index in [4.69, 9.17) is 0 Å². The Labute approximate surface area is 119 Å². The van der Waals surface area contributed by atoms with E-state index in [1.807, 2.05) is 0 Å². The van der Waals surface area contributed by atoms with Crippen molar-refractivity contribution in [3.63, 3.8) is 0 Å². The number of alkyl halides is 3. The Hall–Kier alpha value is -2.32. The maximum Gasteiger partial charge on any atom is 0.416 e. The Morgan fingerprint density at radius 1 is 1.24 bits per heavy atom. The predicted octanol–water partition coefficient (Wildman–Crippen LogP) is 2.44. The van der Waals surface area contributed by atoms with Crippen molar-refractivity contribution in [2.45, 2.75) is 19.1 Å². The third-order valence-corrected chi connectivity index (χ3v) is 2.91. The zero-order valence-corrected chi connectivity index (χ0v) is 11.7. The van der Waals surface area contributed by atoms with Crippen LogP contribution in [0.15, 0.2) is 18.5 Å². The van der Waals surface area contributed by atoms with Gasteiger partial charge in [-0.3, -0.25) is 0 Å². The molecule has 2 rings (SSSR count). The molecule has 1 atom stereocenters. The molecule has 2 N–H and O–H groups in total. The molecule has 0 fully saturated rings. The molecule has 0 radical (unpaired) electrons. The van der Waals surface area contributed by atoms with Crippen molar-refractivity contribution in [1.82, 2.24) is 19.7 Å². The van der Waals surface area contributed by atoms with Crippen molar-refractivity contribution in [3.05, 3.63) is 29.8 Å². The number of aryl methyl sites for hydroxylation is 1. The Kier molecular flexibility index (Phi) is 4.01. The lowest BCUT2D eigenvalue weighted by atomic mass is 10.2. The molecule has 21 heavy (non-hydrogen) atoms. The van der Waals surface area contributed by atoms with Crippen molar-refractivity contribution in [2.75, 3.05) is 17.7 Å². The third-order valence-electron chi connectivity index (χ3n) is 2.91. The molecule has 0 bridgehead atoms. The van der Waals surface area contributed by atoms with E-state index in [2.05, 4.69) is 25.8 Å². The fraction of sp³-hybridized carbons (Fsp3) is 0.417. The highest BCUT2D eigenvalue weighted by atomic mass is 19.4. The van der Waals surface area contributed by atoms with Gasteiger partial charge in [0.2, 0.25) is 0 Å². The Morgan fingerprint density at radius 2 is 1.90 bits per heavy atom. The van der Waals surface area contributed by atoms with E-state index >= 15 is 0 Å². The summed E-state index contributed by atoms with van der Waals surface area (Å²) in [5.74, 6) is 0.849. The zero-order chi connectivity index (χ0) is 15.6. The molecule has 0 spiro atoms. The van der Waals surface area contributed by atoms with E-state index in [1.165, 1.54) is 13.4 Å².